The van der Waals surface area contributed by atoms with Gasteiger partial charge in [0.2, 0.25) is 11.8 Å². The summed E-state index contributed by atoms with van der Waals surface area (Å²) in [6, 6.07) is 6.11. The zero-order valence-electron chi connectivity index (χ0n) is 11.4. The molecule has 0 fully saturated rings. The van der Waals surface area contributed by atoms with Crippen LogP contribution in [0.25, 0.3) is 0 Å². The van der Waals surface area contributed by atoms with E-state index >= 15 is 0 Å². The minimum Gasteiger partial charge on any atom is -0.383 e. The van der Waals surface area contributed by atoms with Crippen LogP contribution in [0.3, 0.4) is 0 Å². The molecular formula is C14H19FN2O3. The maximum absolute atomic E-state index is 12.9. The number of nitrogens with one attached hydrogen (secondary N) is 2. The number of hydrogen-bond acceptors (Lipinski definition) is 3. The predicted octanol–water partition coefficient (Wildman–Crippen LogP) is 0.637. The molecule has 2 amide bonds. The van der Waals surface area contributed by atoms with Crippen molar-refractivity contribution in [2.24, 2.45) is 0 Å². The second-order valence-corrected chi connectivity index (χ2v) is 4.25. The number of carbonyl (C=O) groups is 2. The van der Waals surface area contributed by atoms with Gasteiger partial charge in [-0.15, -0.1) is 0 Å². The summed E-state index contributed by atoms with van der Waals surface area (Å²) in [6.45, 7) is 0.777. The Hall–Kier alpha value is -1.95. The monoisotopic (exact) mass is 282 g/mol. The molecule has 0 atom stereocenters. The lowest BCUT2D eigenvalue weighted by atomic mass is 10.1. The van der Waals surface area contributed by atoms with Gasteiger partial charge in [-0.2, -0.15) is 0 Å². The molecule has 0 saturated heterocycles. The van der Waals surface area contributed by atoms with E-state index in [9.17, 15) is 14.0 Å². The Morgan fingerprint density at radius 2 is 2.05 bits per heavy atom. The minimum absolute atomic E-state index is 0.0638. The second kappa shape index (κ2) is 9.03. The summed E-state index contributed by atoms with van der Waals surface area (Å²) in [5, 5.41) is 5.10. The van der Waals surface area contributed by atoms with Crippen LogP contribution >= 0.6 is 0 Å². The second-order valence-electron chi connectivity index (χ2n) is 4.25. The van der Waals surface area contributed by atoms with Crippen LogP contribution in [-0.4, -0.2) is 38.6 Å². The van der Waals surface area contributed by atoms with Crippen LogP contribution in [0.5, 0.6) is 0 Å². The van der Waals surface area contributed by atoms with Gasteiger partial charge in [-0.1, -0.05) is 12.1 Å². The van der Waals surface area contributed by atoms with Crippen LogP contribution in [0, 0.1) is 5.82 Å². The van der Waals surface area contributed by atoms with E-state index in [2.05, 4.69) is 10.6 Å². The van der Waals surface area contributed by atoms with E-state index in [0.29, 0.717) is 19.6 Å². The zero-order valence-corrected chi connectivity index (χ0v) is 11.4. The molecule has 0 unspecified atom stereocenters. The van der Waals surface area contributed by atoms with Gasteiger partial charge < -0.3 is 15.4 Å². The average molecular weight is 282 g/mol. The summed E-state index contributed by atoms with van der Waals surface area (Å²) >= 11 is 0. The summed E-state index contributed by atoms with van der Waals surface area (Å²) in [7, 11) is 1.54. The zero-order chi connectivity index (χ0) is 14.8. The molecule has 0 aliphatic rings. The van der Waals surface area contributed by atoms with Crippen molar-refractivity contribution in [2.75, 3.05) is 26.8 Å². The van der Waals surface area contributed by atoms with E-state index in [-0.39, 0.29) is 30.6 Å². The fourth-order valence-electron chi connectivity index (χ4n) is 1.57. The van der Waals surface area contributed by atoms with Crippen LogP contribution in [0.1, 0.15) is 12.0 Å². The number of hydrogen-bond donors (Lipinski definition) is 2. The maximum Gasteiger partial charge on any atom is 0.239 e. The van der Waals surface area contributed by atoms with Crippen molar-refractivity contribution in [3.8, 4) is 0 Å². The molecule has 110 valence electrons. The molecule has 5 nitrogen and oxygen atoms in total. The molecule has 1 aromatic rings. The van der Waals surface area contributed by atoms with Crippen LogP contribution in [-0.2, 0) is 20.7 Å². The van der Waals surface area contributed by atoms with Gasteiger partial charge in [0.15, 0.2) is 0 Å². The summed E-state index contributed by atoms with van der Waals surface area (Å²) in [5.74, 6) is -0.822. The molecule has 1 rings (SSSR count). The van der Waals surface area contributed by atoms with Crippen molar-refractivity contribution in [1.82, 2.24) is 10.6 Å². The van der Waals surface area contributed by atoms with Crippen LogP contribution < -0.4 is 10.6 Å². The number of rotatable bonds is 8. The van der Waals surface area contributed by atoms with Gasteiger partial charge in [-0.3, -0.25) is 9.59 Å². The molecule has 2 N–H and O–H groups in total. The number of carbonyl (C=O) groups excluding carboxylic acids is 2. The SMILES string of the molecule is COCCNC(=O)CNC(=O)CCc1cccc(F)c1. The maximum atomic E-state index is 12.9. The first-order valence-electron chi connectivity index (χ1n) is 6.38. The Labute approximate surface area is 117 Å². The van der Waals surface area contributed by atoms with Crippen molar-refractivity contribution >= 4 is 11.8 Å². The average Bonchev–Trinajstić information content (AvgIpc) is 2.43. The number of methoxy groups -OCH3 is 1. The van der Waals surface area contributed by atoms with Gasteiger partial charge in [0.1, 0.15) is 5.82 Å². The third kappa shape index (κ3) is 6.84. The van der Waals surface area contributed by atoms with Crippen molar-refractivity contribution in [3.63, 3.8) is 0 Å². The Balaban J connectivity index is 2.19. The van der Waals surface area contributed by atoms with Crippen LogP contribution in [0.2, 0.25) is 0 Å². The van der Waals surface area contributed by atoms with Crippen molar-refractivity contribution in [2.45, 2.75) is 12.8 Å². The van der Waals surface area contributed by atoms with Gasteiger partial charge in [0.05, 0.1) is 13.2 Å². The summed E-state index contributed by atoms with van der Waals surface area (Å²) in [6.07, 6.45) is 0.656. The fourth-order valence-corrected chi connectivity index (χ4v) is 1.57. The molecule has 20 heavy (non-hydrogen) atoms. The lowest BCUT2D eigenvalue weighted by molar-refractivity contribution is -0.126. The molecule has 6 heteroatoms. The number of amides is 2. The van der Waals surface area contributed by atoms with Gasteiger partial charge in [0, 0.05) is 20.1 Å². The van der Waals surface area contributed by atoms with Crippen LogP contribution in [0.15, 0.2) is 24.3 Å². The summed E-state index contributed by atoms with van der Waals surface area (Å²) in [4.78, 5) is 22.8. The van der Waals surface area contributed by atoms with E-state index in [0.717, 1.165) is 5.56 Å². The molecule has 0 heterocycles. The van der Waals surface area contributed by atoms with Gasteiger partial charge in [0.25, 0.3) is 0 Å². The lowest BCUT2D eigenvalue weighted by Gasteiger charge is -2.06. The highest BCUT2D eigenvalue weighted by molar-refractivity contribution is 5.84. The van der Waals surface area contributed by atoms with E-state index in [1.165, 1.54) is 12.1 Å². The van der Waals surface area contributed by atoms with Crippen molar-refractivity contribution < 1.29 is 18.7 Å². The van der Waals surface area contributed by atoms with Crippen molar-refractivity contribution in [1.29, 1.82) is 0 Å². The first kappa shape index (κ1) is 16.1. The highest BCUT2D eigenvalue weighted by atomic mass is 19.1. The topological polar surface area (TPSA) is 67.4 Å². The highest BCUT2D eigenvalue weighted by Gasteiger charge is 2.05. The minimum atomic E-state index is -0.319. The number of benzene rings is 1. The molecule has 0 aromatic heterocycles. The molecule has 0 bridgehead atoms. The number of ether oxygens (including phenoxy) is 1. The van der Waals surface area contributed by atoms with Crippen LogP contribution in [0.4, 0.5) is 4.39 Å². The predicted molar refractivity (Wildman–Crippen MR) is 72.6 cm³/mol. The first-order chi connectivity index (χ1) is 9.61. The summed E-state index contributed by atoms with van der Waals surface area (Å²) in [5.41, 5.74) is 0.754. The Kier molecular flexibility index (Phi) is 7.27. The van der Waals surface area contributed by atoms with E-state index in [1.807, 2.05) is 0 Å². The lowest BCUT2D eigenvalue weighted by Crippen LogP contribution is -2.38. The third-order valence-electron chi connectivity index (χ3n) is 2.60. The molecule has 1 aromatic carbocycles. The smallest absolute Gasteiger partial charge is 0.239 e. The fraction of sp³-hybridized carbons (Fsp3) is 0.429. The Morgan fingerprint density at radius 3 is 2.75 bits per heavy atom. The Bertz CT molecular complexity index is 452. The van der Waals surface area contributed by atoms with E-state index in [1.54, 1.807) is 19.2 Å². The van der Waals surface area contributed by atoms with Gasteiger partial charge in [-0.05, 0) is 24.1 Å². The first-order valence-corrected chi connectivity index (χ1v) is 6.38. The molecule has 0 saturated carbocycles. The van der Waals surface area contributed by atoms with Gasteiger partial charge >= 0.3 is 0 Å². The Morgan fingerprint density at radius 1 is 1.25 bits per heavy atom. The van der Waals surface area contributed by atoms with Crippen molar-refractivity contribution in [3.05, 3.63) is 35.6 Å². The summed E-state index contributed by atoms with van der Waals surface area (Å²) < 4.78 is 17.7. The number of halogens is 1. The van der Waals surface area contributed by atoms with E-state index < -0.39 is 0 Å². The van der Waals surface area contributed by atoms with E-state index in [4.69, 9.17) is 4.74 Å². The number of aryl methyl sites for hydroxylation is 1. The normalized spacial score (nSPS) is 10.1. The largest absolute Gasteiger partial charge is 0.383 e. The quantitative estimate of drug-likeness (QED) is 0.688. The molecule has 0 radical (unpaired) electrons. The highest BCUT2D eigenvalue weighted by Crippen LogP contribution is 2.05. The standard InChI is InChI=1S/C14H19FN2O3/c1-20-8-7-16-14(19)10-17-13(18)6-5-11-3-2-4-12(15)9-11/h2-4,9H,5-8,10H2,1H3,(H,16,19)(H,17,18). The molecule has 0 spiro atoms. The molecule has 0 aliphatic carbocycles. The molecular weight excluding hydrogens is 263 g/mol. The van der Waals surface area contributed by atoms with Gasteiger partial charge in [-0.25, -0.2) is 4.39 Å². The third-order valence-corrected chi connectivity index (χ3v) is 2.60. The molecule has 0 aliphatic heterocycles.